The predicted octanol–water partition coefficient (Wildman–Crippen LogP) is 4.04. The zero-order chi connectivity index (χ0) is 23.6. The van der Waals surface area contributed by atoms with Crippen LogP contribution in [0.4, 0.5) is 18.9 Å². The first-order valence-electron chi connectivity index (χ1n) is 10.5. The fourth-order valence-corrected chi connectivity index (χ4v) is 4.70. The Labute approximate surface area is 190 Å². The molecule has 33 heavy (non-hydrogen) atoms. The van der Waals surface area contributed by atoms with Crippen molar-refractivity contribution in [2.24, 2.45) is 0 Å². The summed E-state index contributed by atoms with van der Waals surface area (Å²) in [6, 6.07) is 13.0. The van der Waals surface area contributed by atoms with Gasteiger partial charge in [-0.1, -0.05) is 23.4 Å². The van der Waals surface area contributed by atoms with Crippen LogP contribution < -0.4 is 4.72 Å². The highest BCUT2D eigenvalue weighted by atomic mass is 32.2. The van der Waals surface area contributed by atoms with Crippen molar-refractivity contribution in [2.75, 3.05) is 24.1 Å². The third-order valence-corrected chi connectivity index (χ3v) is 6.24. The molecule has 2 aromatic carbocycles. The summed E-state index contributed by atoms with van der Waals surface area (Å²) in [5, 5.41) is 8.36. The number of benzene rings is 2. The van der Waals surface area contributed by atoms with Crippen LogP contribution >= 0.6 is 0 Å². The van der Waals surface area contributed by atoms with Gasteiger partial charge in [0.1, 0.15) is 0 Å². The van der Waals surface area contributed by atoms with Crippen molar-refractivity contribution in [1.82, 2.24) is 19.9 Å². The molecule has 0 unspecified atom stereocenters. The molecule has 0 spiro atoms. The first kappa shape index (κ1) is 23.2. The smallest absolute Gasteiger partial charge is 0.297 e. The molecule has 0 aliphatic carbocycles. The van der Waals surface area contributed by atoms with Crippen LogP contribution in [-0.2, 0) is 22.7 Å². The average Bonchev–Trinajstić information content (AvgIpc) is 3.21. The topological polar surface area (TPSA) is 80.1 Å². The van der Waals surface area contributed by atoms with E-state index in [2.05, 4.69) is 19.9 Å². The SMILES string of the molecule is CS(=O)(=O)Nc1ccc(C(F)(F)F)c(C2CCN(Cc3cn(-c4ccccc4)nn3)CC2)c1. The van der Waals surface area contributed by atoms with E-state index in [4.69, 9.17) is 0 Å². The number of nitrogens with one attached hydrogen (secondary N) is 1. The first-order chi connectivity index (χ1) is 15.6. The average molecular weight is 480 g/mol. The van der Waals surface area contributed by atoms with E-state index in [0.717, 1.165) is 29.8 Å². The number of anilines is 1. The third-order valence-electron chi connectivity index (χ3n) is 5.63. The summed E-state index contributed by atoms with van der Waals surface area (Å²) in [4.78, 5) is 2.14. The highest BCUT2D eigenvalue weighted by Gasteiger charge is 2.36. The van der Waals surface area contributed by atoms with Gasteiger partial charge in [0.25, 0.3) is 0 Å². The Balaban J connectivity index is 1.45. The molecule has 2 heterocycles. The van der Waals surface area contributed by atoms with Crippen LogP contribution in [0.25, 0.3) is 5.69 Å². The van der Waals surface area contributed by atoms with Crippen molar-refractivity contribution in [3.63, 3.8) is 0 Å². The van der Waals surface area contributed by atoms with Crippen LogP contribution in [0.2, 0.25) is 0 Å². The Morgan fingerprint density at radius 3 is 2.42 bits per heavy atom. The van der Waals surface area contributed by atoms with Crippen molar-refractivity contribution >= 4 is 15.7 Å². The van der Waals surface area contributed by atoms with Crippen LogP contribution in [0.3, 0.4) is 0 Å². The third kappa shape index (κ3) is 5.91. The summed E-state index contributed by atoms with van der Waals surface area (Å²) in [6.45, 7) is 1.76. The highest BCUT2D eigenvalue weighted by Crippen LogP contribution is 2.40. The number of nitrogens with zero attached hydrogens (tertiary/aromatic N) is 4. The van der Waals surface area contributed by atoms with E-state index in [9.17, 15) is 21.6 Å². The fraction of sp³-hybridized carbons (Fsp3) is 0.364. The van der Waals surface area contributed by atoms with E-state index in [1.165, 1.54) is 6.07 Å². The molecule has 7 nitrogen and oxygen atoms in total. The van der Waals surface area contributed by atoms with Crippen molar-refractivity contribution in [3.8, 4) is 5.69 Å². The van der Waals surface area contributed by atoms with Crippen molar-refractivity contribution in [3.05, 3.63) is 71.5 Å². The molecule has 0 bridgehead atoms. The number of piperidine rings is 1. The minimum Gasteiger partial charge on any atom is -0.297 e. The molecule has 1 saturated heterocycles. The Hall–Kier alpha value is -2.92. The molecule has 4 rings (SSSR count). The molecule has 1 aliphatic rings. The van der Waals surface area contributed by atoms with E-state index in [0.29, 0.717) is 32.5 Å². The number of hydrogen-bond donors (Lipinski definition) is 1. The zero-order valence-electron chi connectivity index (χ0n) is 18.0. The quantitative estimate of drug-likeness (QED) is 0.577. The van der Waals surface area contributed by atoms with Gasteiger partial charge in [-0.15, -0.1) is 5.10 Å². The monoisotopic (exact) mass is 479 g/mol. The summed E-state index contributed by atoms with van der Waals surface area (Å²) in [6.07, 6.45) is -0.636. The van der Waals surface area contributed by atoms with Gasteiger partial charge in [0, 0.05) is 12.2 Å². The number of rotatable bonds is 6. The Bertz CT molecular complexity index is 1200. The van der Waals surface area contributed by atoms with Gasteiger partial charge in [-0.05, 0) is 67.7 Å². The van der Waals surface area contributed by atoms with Gasteiger partial charge >= 0.3 is 6.18 Å². The van der Waals surface area contributed by atoms with Crippen LogP contribution in [0.5, 0.6) is 0 Å². The van der Waals surface area contributed by atoms with Gasteiger partial charge in [0.05, 0.1) is 29.4 Å². The molecule has 1 aliphatic heterocycles. The second kappa shape index (κ2) is 9.14. The molecule has 0 radical (unpaired) electrons. The summed E-state index contributed by atoms with van der Waals surface area (Å²) >= 11 is 0. The van der Waals surface area contributed by atoms with Gasteiger partial charge in [-0.25, -0.2) is 13.1 Å². The van der Waals surface area contributed by atoms with Gasteiger partial charge in [-0.2, -0.15) is 13.2 Å². The van der Waals surface area contributed by atoms with Crippen LogP contribution in [-0.4, -0.2) is 47.7 Å². The summed E-state index contributed by atoms with van der Waals surface area (Å²) in [5.74, 6) is -0.320. The number of para-hydroxylation sites is 1. The maximum atomic E-state index is 13.6. The summed E-state index contributed by atoms with van der Waals surface area (Å²) in [7, 11) is -3.59. The molecule has 11 heteroatoms. The Morgan fingerprint density at radius 2 is 1.79 bits per heavy atom. The first-order valence-corrected chi connectivity index (χ1v) is 12.4. The maximum Gasteiger partial charge on any atom is 0.416 e. The number of hydrogen-bond acceptors (Lipinski definition) is 5. The molecule has 1 N–H and O–H groups in total. The van der Waals surface area contributed by atoms with E-state index >= 15 is 0 Å². The molecule has 176 valence electrons. The second-order valence-electron chi connectivity index (χ2n) is 8.21. The largest absolute Gasteiger partial charge is 0.416 e. The lowest BCUT2D eigenvalue weighted by molar-refractivity contribution is -0.138. The zero-order valence-corrected chi connectivity index (χ0v) is 18.8. The number of likely N-dealkylation sites (tertiary alicyclic amines) is 1. The Kier molecular flexibility index (Phi) is 6.44. The number of halogens is 3. The van der Waals surface area contributed by atoms with Gasteiger partial charge in [0.2, 0.25) is 10.0 Å². The van der Waals surface area contributed by atoms with E-state index in [-0.39, 0.29) is 17.2 Å². The van der Waals surface area contributed by atoms with Gasteiger partial charge < -0.3 is 0 Å². The molecule has 1 aromatic heterocycles. The van der Waals surface area contributed by atoms with Crippen LogP contribution in [0.15, 0.2) is 54.7 Å². The number of sulfonamides is 1. The van der Waals surface area contributed by atoms with Crippen molar-refractivity contribution in [1.29, 1.82) is 0 Å². The van der Waals surface area contributed by atoms with Crippen LogP contribution in [0.1, 0.15) is 35.6 Å². The van der Waals surface area contributed by atoms with Crippen molar-refractivity contribution < 1.29 is 21.6 Å². The molecular formula is C22H24F3N5O2S. The van der Waals surface area contributed by atoms with Gasteiger partial charge in [-0.3, -0.25) is 9.62 Å². The lowest BCUT2D eigenvalue weighted by atomic mass is 9.86. The van der Waals surface area contributed by atoms with Crippen molar-refractivity contribution in [2.45, 2.75) is 31.5 Å². The maximum absolute atomic E-state index is 13.6. The minimum atomic E-state index is -4.51. The second-order valence-corrected chi connectivity index (χ2v) is 9.96. The van der Waals surface area contributed by atoms with E-state index in [1.807, 2.05) is 36.5 Å². The molecule has 0 atom stereocenters. The van der Waals surface area contributed by atoms with Crippen LogP contribution in [0, 0.1) is 0 Å². The highest BCUT2D eigenvalue weighted by molar-refractivity contribution is 7.92. The molecule has 0 saturated carbocycles. The standard InChI is InChI=1S/C22H24F3N5O2S/c1-33(31,32)27-17-7-8-21(22(23,24)25)20(13-17)16-9-11-29(12-10-16)14-18-15-30(28-26-18)19-5-3-2-4-6-19/h2-8,13,15-16,27H,9-12,14H2,1H3. The summed E-state index contributed by atoms with van der Waals surface area (Å²) < 4.78 is 67.9. The normalized spacial score (nSPS) is 16.1. The van der Waals surface area contributed by atoms with E-state index < -0.39 is 21.8 Å². The predicted molar refractivity (Wildman–Crippen MR) is 119 cm³/mol. The lowest BCUT2D eigenvalue weighted by Gasteiger charge is -2.33. The number of aromatic nitrogens is 3. The van der Waals surface area contributed by atoms with E-state index in [1.54, 1.807) is 4.68 Å². The summed E-state index contributed by atoms with van der Waals surface area (Å²) in [5.41, 5.74) is 1.24. The molecular weight excluding hydrogens is 455 g/mol. The molecule has 3 aromatic rings. The minimum absolute atomic E-state index is 0.130. The number of alkyl halides is 3. The fourth-order valence-electron chi connectivity index (χ4n) is 4.15. The molecule has 0 amide bonds. The lowest BCUT2D eigenvalue weighted by Crippen LogP contribution is -2.33. The molecule has 1 fully saturated rings. The van der Waals surface area contributed by atoms with Gasteiger partial charge in [0.15, 0.2) is 0 Å². The Morgan fingerprint density at radius 1 is 1.09 bits per heavy atom.